The van der Waals surface area contributed by atoms with Crippen molar-refractivity contribution >= 4 is 34.5 Å². The van der Waals surface area contributed by atoms with Gasteiger partial charge in [0, 0.05) is 6.54 Å². The zero-order chi connectivity index (χ0) is 13.7. The molecule has 0 amide bonds. The van der Waals surface area contributed by atoms with Gasteiger partial charge in [-0.25, -0.2) is 0 Å². The standard InChI is InChI=1S/C12H13Cl2N3OS/c1-2-6-15-7-10-16-17-12(19-10)18-9-5-3-4-8(13)11(9)14/h3-5,15H,2,6-7H2,1H3. The maximum Gasteiger partial charge on any atom is 0.299 e. The molecule has 0 aliphatic rings. The van der Waals surface area contributed by atoms with Gasteiger partial charge in [0.2, 0.25) is 0 Å². The third kappa shape index (κ3) is 4.04. The van der Waals surface area contributed by atoms with Crippen LogP contribution in [0.25, 0.3) is 0 Å². The van der Waals surface area contributed by atoms with E-state index in [4.69, 9.17) is 27.9 Å². The minimum absolute atomic E-state index is 0.380. The lowest BCUT2D eigenvalue weighted by molar-refractivity contribution is 0.473. The van der Waals surface area contributed by atoms with Crippen LogP contribution in [-0.4, -0.2) is 16.7 Å². The molecule has 2 aromatic rings. The van der Waals surface area contributed by atoms with Gasteiger partial charge in [0.15, 0.2) is 5.75 Å². The Kier molecular flexibility index (Phi) is 5.39. The summed E-state index contributed by atoms with van der Waals surface area (Å²) in [6.45, 7) is 3.76. The van der Waals surface area contributed by atoms with E-state index in [2.05, 4.69) is 22.4 Å². The van der Waals surface area contributed by atoms with Crippen LogP contribution in [0, 0.1) is 0 Å². The van der Waals surface area contributed by atoms with Crippen molar-refractivity contribution in [1.29, 1.82) is 0 Å². The Bertz CT molecular complexity index is 548. The summed E-state index contributed by atoms with van der Waals surface area (Å²) in [6, 6.07) is 5.22. The predicted octanol–water partition coefficient (Wildman–Crippen LogP) is 4.14. The normalized spacial score (nSPS) is 10.7. The van der Waals surface area contributed by atoms with Gasteiger partial charge < -0.3 is 10.1 Å². The molecular weight excluding hydrogens is 305 g/mol. The van der Waals surface area contributed by atoms with Gasteiger partial charge in [0.25, 0.3) is 5.19 Å². The molecule has 0 aliphatic carbocycles. The fraction of sp³-hybridized carbons (Fsp3) is 0.333. The van der Waals surface area contributed by atoms with E-state index in [1.165, 1.54) is 11.3 Å². The summed E-state index contributed by atoms with van der Waals surface area (Å²) in [5, 5.41) is 13.4. The third-order valence-corrected chi connectivity index (χ3v) is 3.87. The maximum absolute atomic E-state index is 6.04. The van der Waals surface area contributed by atoms with Gasteiger partial charge >= 0.3 is 0 Å². The van der Waals surface area contributed by atoms with Gasteiger partial charge in [-0.05, 0) is 25.1 Å². The molecule has 0 saturated carbocycles. The lowest BCUT2D eigenvalue weighted by atomic mass is 10.3. The predicted molar refractivity (Wildman–Crippen MR) is 78.4 cm³/mol. The van der Waals surface area contributed by atoms with Crippen molar-refractivity contribution in [3.05, 3.63) is 33.3 Å². The molecule has 0 aliphatic heterocycles. The molecule has 0 fully saturated rings. The van der Waals surface area contributed by atoms with Gasteiger partial charge in [0.05, 0.1) is 5.02 Å². The zero-order valence-corrected chi connectivity index (χ0v) is 12.6. The molecule has 1 aromatic heterocycles. The topological polar surface area (TPSA) is 47.0 Å². The van der Waals surface area contributed by atoms with Crippen LogP contribution in [0.1, 0.15) is 18.4 Å². The second kappa shape index (κ2) is 7.05. The lowest BCUT2D eigenvalue weighted by Crippen LogP contribution is -2.13. The molecule has 1 aromatic carbocycles. The summed E-state index contributed by atoms with van der Waals surface area (Å²) < 4.78 is 5.58. The number of ether oxygens (including phenoxy) is 1. The highest BCUT2D eigenvalue weighted by atomic mass is 35.5. The highest BCUT2D eigenvalue weighted by molar-refractivity contribution is 7.13. The zero-order valence-electron chi connectivity index (χ0n) is 10.3. The van der Waals surface area contributed by atoms with Crippen LogP contribution in [0.5, 0.6) is 10.9 Å². The Labute approximate surface area is 125 Å². The van der Waals surface area contributed by atoms with E-state index in [-0.39, 0.29) is 0 Å². The number of nitrogens with one attached hydrogen (secondary N) is 1. The Hall–Kier alpha value is -0.880. The van der Waals surface area contributed by atoms with E-state index < -0.39 is 0 Å². The molecule has 19 heavy (non-hydrogen) atoms. The van der Waals surface area contributed by atoms with E-state index >= 15 is 0 Å². The van der Waals surface area contributed by atoms with E-state index in [9.17, 15) is 0 Å². The van der Waals surface area contributed by atoms with Crippen LogP contribution in [0.4, 0.5) is 0 Å². The number of halogens is 2. The summed E-state index contributed by atoms with van der Waals surface area (Å²) >= 11 is 13.3. The molecule has 7 heteroatoms. The number of hydrogen-bond donors (Lipinski definition) is 1. The van der Waals surface area contributed by atoms with E-state index in [0.29, 0.717) is 27.5 Å². The average Bonchev–Trinajstić information content (AvgIpc) is 2.83. The van der Waals surface area contributed by atoms with E-state index in [1.807, 2.05) is 0 Å². The van der Waals surface area contributed by atoms with Crippen LogP contribution in [0.15, 0.2) is 18.2 Å². The molecule has 1 heterocycles. The van der Waals surface area contributed by atoms with Gasteiger partial charge in [-0.15, -0.1) is 5.10 Å². The number of nitrogens with zero attached hydrogens (tertiary/aromatic N) is 2. The van der Waals surface area contributed by atoms with Crippen molar-refractivity contribution in [3.8, 4) is 10.9 Å². The number of aromatic nitrogens is 2. The summed E-state index contributed by atoms with van der Waals surface area (Å²) in [4.78, 5) is 0. The Morgan fingerprint density at radius 1 is 1.32 bits per heavy atom. The highest BCUT2D eigenvalue weighted by Gasteiger charge is 2.10. The highest BCUT2D eigenvalue weighted by Crippen LogP contribution is 2.35. The van der Waals surface area contributed by atoms with Gasteiger partial charge in [-0.1, -0.05) is 52.6 Å². The second-order valence-corrected chi connectivity index (χ2v) is 5.60. The van der Waals surface area contributed by atoms with Crippen molar-refractivity contribution in [2.45, 2.75) is 19.9 Å². The molecular formula is C12H13Cl2N3OS. The van der Waals surface area contributed by atoms with Gasteiger partial charge in [-0.2, -0.15) is 0 Å². The van der Waals surface area contributed by atoms with Gasteiger partial charge in [0.1, 0.15) is 10.0 Å². The largest absolute Gasteiger partial charge is 0.428 e. The summed E-state index contributed by atoms with van der Waals surface area (Å²) in [7, 11) is 0. The summed E-state index contributed by atoms with van der Waals surface area (Å²) in [5.41, 5.74) is 0. The maximum atomic E-state index is 6.04. The SMILES string of the molecule is CCCNCc1nnc(Oc2cccc(Cl)c2Cl)s1. The number of rotatable bonds is 6. The van der Waals surface area contributed by atoms with Gasteiger partial charge in [-0.3, -0.25) is 0 Å². The number of hydrogen-bond acceptors (Lipinski definition) is 5. The molecule has 0 unspecified atom stereocenters. The van der Waals surface area contributed by atoms with Crippen molar-refractivity contribution in [3.63, 3.8) is 0 Å². The molecule has 0 atom stereocenters. The summed E-state index contributed by atoms with van der Waals surface area (Å²) in [6.07, 6.45) is 1.08. The molecule has 0 bridgehead atoms. The van der Waals surface area contributed by atoms with Crippen LogP contribution >= 0.6 is 34.5 Å². The Morgan fingerprint density at radius 3 is 2.95 bits per heavy atom. The smallest absolute Gasteiger partial charge is 0.299 e. The first-order chi connectivity index (χ1) is 9.20. The molecule has 0 radical (unpaired) electrons. The van der Waals surface area contributed by atoms with Crippen LogP contribution in [0.2, 0.25) is 10.0 Å². The first-order valence-corrected chi connectivity index (χ1v) is 7.43. The second-order valence-electron chi connectivity index (χ2n) is 3.79. The van der Waals surface area contributed by atoms with E-state index in [1.54, 1.807) is 18.2 Å². The first kappa shape index (κ1) is 14.5. The molecule has 0 saturated heterocycles. The Morgan fingerprint density at radius 2 is 2.16 bits per heavy atom. The van der Waals surface area contributed by atoms with Crippen molar-refractivity contribution < 1.29 is 4.74 Å². The van der Waals surface area contributed by atoms with Crippen LogP contribution < -0.4 is 10.1 Å². The monoisotopic (exact) mass is 317 g/mol. The minimum atomic E-state index is 0.380. The summed E-state index contributed by atoms with van der Waals surface area (Å²) in [5.74, 6) is 0.485. The lowest BCUT2D eigenvalue weighted by Gasteiger charge is -2.04. The molecule has 4 nitrogen and oxygen atoms in total. The molecule has 102 valence electrons. The molecule has 1 N–H and O–H groups in total. The minimum Gasteiger partial charge on any atom is -0.428 e. The first-order valence-electron chi connectivity index (χ1n) is 5.85. The quantitative estimate of drug-likeness (QED) is 0.813. The average molecular weight is 318 g/mol. The van der Waals surface area contributed by atoms with Crippen molar-refractivity contribution in [2.75, 3.05) is 6.54 Å². The van der Waals surface area contributed by atoms with Crippen molar-refractivity contribution in [2.24, 2.45) is 0 Å². The Balaban J connectivity index is 2.01. The fourth-order valence-corrected chi connectivity index (χ4v) is 2.38. The van der Waals surface area contributed by atoms with E-state index in [0.717, 1.165) is 18.0 Å². The van der Waals surface area contributed by atoms with Crippen molar-refractivity contribution in [1.82, 2.24) is 15.5 Å². The number of benzene rings is 1. The molecule has 0 spiro atoms. The van der Waals surface area contributed by atoms with Crippen LogP contribution in [0.3, 0.4) is 0 Å². The third-order valence-electron chi connectivity index (χ3n) is 2.26. The van der Waals surface area contributed by atoms with Crippen LogP contribution in [-0.2, 0) is 6.54 Å². The molecule has 2 rings (SSSR count). The fourth-order valence-electron chi connectivity index (χ4n) is 1.38.